The summed E-state index contributed by atoms with van der Waals surface area (Å²) in [6.45, 7) is 9.29. The molecule has 0 aliphatic carbocycles. The zero-order valence-corrected chi connectivity index (χ0v) is 18.2. The van der Waals surface area contributed by atoms with Crippen LogP contribution in [0.4, 0.5) is 22.0 Å². The van der Waals surface area contributed by atoms with Gasteiger partial charge in [-0.1, -0.05) is 32.4 Å². The van der Waals surface area contributed by atoms with Crippen LogP contribution < -0.4 is 9.47 Å². The third kappa shape index (κ3) is 5.38. The van der Waals surface area contributed by atoms with Gasteiger partial charge in [0.1, 0.15) is 0 Å². The first-order chi connectivity index (χ1) is 12.8. The molecule has 0 aliphatic rings. The third-order valence-corrected chi connectivity index (χ3v) is 9.02. The van der Waals surface area contributed by atoms with Crippen molar-refractivity contribution < 1.29 is 45.4 Å². The SMILES string of the molecule is COc1cc(C(=O)O[Si](C)(C)C(C)(C)C)cc(Cl)c1OC(=O)C(F)(F)C(F)(F)F. The van der Waals surface area contributed by atoms with Gasteiger partial charge in [-0.05, 0) is 30.3 Å². The Morgan fingerprint density at radius 3 is 1.97 bits per heavy atom. The van der Waals surface area contributed by atoms with Gasteiger partial charge >= 0.3 is 24.0 Å². The molecule has 1 rings (SSSR count). The van der Waals surface area contributed by atoms with E-state index in [9.17, 15) is 31.5 Å². The maximum atomic E-state index is 13.1. The Hall–Kier alpha value is -1.88. The largest absolute Gasteiger partial charge is 0.516 e. The number of hydrogen-bond donors (Lipinski definition) is 0. The minimum absolute atomic E-state index is 0.154. The lowest BCUT2D eigenvalue weighted by atomic mass is 10.2. The van der Waals surface area contributed by atoms with Crippen molar-refractivity contribution in [1.29, 1.82) is 0 Å². The molecule has 0 amide bonds. The maximum Gasteiger partial charge on any atom is 0.465 e. The Morgan fingerprint density at radius 1 is 1.03 bits per heavy atom. The molecule has 12 heteroatoms. The molecule has 0 aliphatic heterocycles. The van der Waals surface area contributed by atoms with E-state index in [-0.39, 0.29) is 10.6 Å². The molecular formula is C17H20ClF5O5Si. The quantitative estimate of drug-likeness (QED) is 0.246. The van der Waals surface area contributed by atoms with Crippen LogP contribution in [0.15, 0.2) is 12.1 Å². The molecule has 0 unspecified atom stereocenters. The van der Waals surface area contributed by atoms with Crippen LogP contribution in [0.25, 0.3) is 0 Å². The molecule has 0 N–H and O–H groups in total. The second kappa shape index (κ2) is 8.09. The van der Waals surface area contributed by atoms with Crippen LogP contribution in [0.3, 0.4) is 0 Å². The van der Waals surface area contributed by atoms with E-state index >= 15 is 0 Å². The van der Waals surface area contributed by atoms with Gasteiger partial charge in [-0.25, -0.2) is 9.59 Å². The molecule has 0 saturated heterocycles. The van der Waals surface area contributed by atoms with Crippen molar-refractivity contribution in [3.8, 4) is 11.5 Å². The number of hydrogen-bond acceptors (Lipinski definition) is 5. The number of alkyl halides is 5. The molecule has 0 bridgehead atoms. The van der Waals surface area contributed by atoms with Crippen LogP contribution in [-0.4, -0.2) is 39.5 Å². The van der Waals surface area contributed by atoms with Gasteiger partial charge in [0, 0.05) is 0 Å². The van der Waals surface area contributed by atoms with E-state index in [4.69, 9.17) is 20.8 Å². The van der Waals surface area contributed by atoms with E-state index in [1.165, 1.54) is 0 Å². The minimum Gasteiger partial charge on any atom is -0.516 e. The van der Waals surface area contributed by atoms with Crippen molar-refractivity contribution in [2.75, 3.05) is 7.11 Å². The Kier molecular flexibility index (Phi) is 7.02. The van der Waals surface area contributed by atoms with Gasteiger partial charge in [0.25, 0.3) is 8.32 Å². The summed E-state index contributed by atoms with van der Waals surface area (Å²) in [5, 5.41) is -0.896. The van der Waals surface area contributed by atoms with Gasteiger partial charge in [0.05, 0.1) is 17.7 Å². The number of rotatable bonds is 5. The van der Waals surface area contributed by atoms with Crippen LogP contribution >= 0.6 is 11.6 Å². The van der Waals surface area contributed by atoms with Gasteiger partial charge in [-0.2, -0.15) is 22.0 Å². The summed E-state index contributed by atoms with van der Waals surface area (Å²) in [6.07, 6.45) is -6.16. The zero-order valence-electron chi connectivity index (χ0n) is 16.5. The van der Waals surface area contributed by atoms with Gasteiger partial charge in [-0.15, -0.1) is 0 Å². The van der Waals surface area contributed by atoms with Crippen LogP contribution in [0.1, 0.15) is 31.1 Å². The molecule has 0 aromatic heterocycles. The zero-order chi connectivity index (χ0) is 23.0. The number of carbonyl (C=O) groups excluding carboxylic acids is 2. The van der Waals surface area contributed by atoms with Crippen molar-refractivity contribution in [3.05, 3.63) is 22.7 Å². The monoisotopic (exact) mass is 462 g/mol. The molecule has 0 heterocycles. The van der Waals surface area contributed by atoms with E-state index in [0.29, 0.717) is 0 Å². The lowest BCUT2D eigenvalue weighted by molar-refractivity contribution is -0.276. The molecular weight excluding hydrogens is 443 g/mol. The Balaban J connectivity index is 3.25. The maximum absolute atomic E-state index is 13.1. The van der Waals surface area contributed by atoms with Crippen LogP contribution in [0.5, 0.6) is 11.5 Å². The summed E-state index contributed by atoms with van der Waals surface area (Å²) in [7, 11) is -1.50. The standard InChI is InChI=1S/C17H20ClF5O5Si/c1-15(2,3)29(5,6)28-13(24)9-7-10(18)12(11(8-9)26-4)27-14(25)16(19,20)17(21,22)23/h7-8H,1-6H3. The van der Waals surface area contributed by atoms with E-state index in [0.717, 1.165) is 19.2 Å². The summed E-state index contributed by atoms with van der Waals surface area (Å²) in [4.78, 5) is 23.8. The summed E-state index contributed by atoms with van der Waals surface area (Å²) in [5.41, 5.74) is -0.154. The number of benzene rings is 1. The van der Waals surface area contributed by atoms with E-state index < -0.39 is 48.9 Å². The predicted molar refractivity (Wildman–Crippen MR) is 97.3 cm³/mol. The summed E-state index contributed by atoms with van der Waals surface area (Å²) in [5.74, 6) is -10.8. The fourth-order valence-electron chi connectivity index (χ4n) is 1.65. The van der Waals surface area contributed by atoms with Crippen molar-refractivity contribution in [2.24, 2.45) is 0 Å². The topological polar surface area (TPSA) is 61.8 Å². The minimum atomic E-state index is -6.16. The van der Waals surface area contributed by atoms with E-state index in [1.807, 2.05) is 20.8 Å². The van der Waals surface area contributed by atoms with Crippen molar-refractivity contribution in [3.63, 3.8) is 0 Å². The second-order valence-corrected chi connectivity index (χ2v) is 12.7. The molecule has 1 aromatic carbocycles. The second-order valence-electron chi connectivity index (χ2n) is 7.60. The Labute approximate surface area is 170 Å². The van der Waals surface area contributed by atoms with Crippen LogP contribution in [0.2, 0.25) is 23.2 Å². The third-order valence-electron chi connectivity index (χ3n) is 4.43. The van der Waals surface area contributed by atoms with Crippen LogP contribution in [-0.2, 0) is 9.22 Å². The molecule has 164 valence electrons. The van der Waals surface area contributed by atoms with Crippen molar-refractivity contribution in [2.45, 2.75) is 51.0 Å². The molecule has 0 spiro atoms. The first-order valence-corrected chi connectivity index (χ1v) is 11.4. The molecule has 0 radical (unpaired) electrons. The lowest BCUT2D eigenvalue weighted by Gasteiger charge is -2.35. The van der Waals surface area contributed by atoms with Gasteiger partial charge < -0.3 is 13.9 Å². The molecule has 0 saturated carbocycles. The molecule has 0 atom stereocenters. The van der Waals surface area contributed by atoms with E-state index in [1.54, 1.807) is 13.1 Å². The number of methoxy groups -OCH3 is 1. The fraction of sp³-hybridized carbons (Fsp3) is 0.529. The fourth-order valence-corrected chi connectivity index (χ4v) is 2.79. The highest BCUT2D eigenvalue weighted by Gasteiger charge is 2.65. The summed E-state index contributed by atoms with van der Waals surface area (Å²) in [6, 6.07) is 1.89. The van der Waals surface area contributed by atoms with Crippen molar-refractivity contribution in [1.82, 2.24) is 0 Å². The van der Waals surface area contributed by atoms with Gasteiger partial charge in [-0.3, -0.25) is 0 Å². The van der Waals surface area contributed by atoms with Gasteiger partial charge in [0.15, 0.2) is 11.5 Å². The Bertz CT molecular complexity index is 803. The Morgan fingerprint density at radius 2 is 1.55 bits per heavy atom. The average Bonchev–Trinajstić information content (AvgIpc) is 2.53. The molecule has 0 fully saturated rings. The van der Waals surface area contributed by atoms with Crippen molar-refractivity contribution >= 4 is 31.9 Å². The first kappa shape index (κ1) is 25.2. The normalized spacial score (nSPS) is 13.1. The number of ether oxygens (including phenoxy) is 2. The summed E-state index contributed by atoms with van der Waals surface area (Å²) >= 11 is 5.85. The molecule has 29 heavy (non-hydrogen) atoms. The molecule has 1 aromatic rings. The number of esters is 1. The highest BCUT2D eigenvalue weighted by Crippen LogP contribution is 2.42. The molecule has 5 nitrogen and oxygen atoms in total. The predicted octanol–water partition coefficient (Wildman–Crippen LogP) is 5.61. The average molecular weight is 463 g/mol. The number of halogens is 6. The first-order valence-electron chi connectivity index (χ1n) is 8.13. The summed E-state index contributed by atoms with van der Waals surface area (Å²) < 4.78 is 77.8. The smallest absolute Gasteiger partial charge is 0.465 e. The number of carbonyl (C=O) groups is 2. The highest BCUT2D eigenvalue weighted by molar-refractivity contribution is 6.75. The lowest BCUT2D eigenvalue weighted by Crippen LogP contribution is -2.46. The highest BCUT2D eigenvalue weighted by atomic mass is 35.5. The van der Waals surface area contributed by atoms with Crippen LogP contribution in [0, 0.1) is 0 Å². The van der Waals surface area contributed by atoms with E-state index in [2.05, 4.69) is 4.74 Å². The van der Waals surface area contributed by atoms with Gasteiger partial charge in [0.2, 0.25) is 0 Å².